The van der Waals surface area contributed by atoms with E-state index < -0.39 is 0 Å². The molecule has 0 saturated carbocycles. The molecule has 0 fully saturated rings. The van der Waals surface area contributed by atoms with E-state index in [1.165, 1.54) is 5.56 Å². The maximum absolute atomic E-state index is 5.63. The highest BCUT2D eigenvalue weighted by Gasteiger charge is 1.95. The summed E-state index contributed by atoms with van der Waals surface area (Å²) < 4.78 is 1.14. The van der Waals surface area contributed by atoms with E-state index in [0.717, 1.165) is 24.0 Å². The molecule has 0 radical (unpaired) electrons. The van der Waals surface area contributed by atoms with Crippen LogP contribution in [0.2, 0.25) is 0 Å². The first-order valence-corrected chi connectivity index (χ1v) is 5.68. The summed E-state index contributed by atoms with van der Waals surface area (Å²) in [5.74, 6) is 0. The van der Waals surface area contributed by atoms with Crippen molar-refractivity contribution in [3.8, 4) is 0 Å². The number of nitrogens with two attached hydrogens (primary N) is 1. The Labute approximate surface area is 94.0 Å². The van der Waals surface area contributed by atoms with Crippen LogP contribution in [0, 0.1) is 0 Å². The smallest absolute Gasteiger partial charge is 0.0178 e. The molecule has 0 spiro atoms. The summed E-state index contributed by atoms with van der Waals surface area (Å²) in [5, 5.41) is 3.31. The van der Waals surface area contributed by atoms with Crippen molar-refractivity contribution >= 4 is 15.9 Å². The highest BCUT2D eigenvalue weighted by atomic mass is 79.9. The molecular formula is C11H17BrN2. The zero-order valence-corrected chi connectivity index (χ0v) is 10.0. The molecule has 1 unspecified atom stereocenters. The van der Waals surface area contributed by atoms with Crippen molar-refractivity contribution in [2.75, 3.05) is 13.1 Å². The van der Waals surface area contributed by atoms with E-state index in [9.17, 15) is 0 Å². The summed E-state index contributed by atoms with van der Waals surface area (Å²) in [7, 11) is 0. The predicted octanol–water partition coefficient (Wildman–Crippen LogP) is 1.93. The van der Waals surface area contributed by atoms with Crippen LogP contribution in [0.5, 0.6) is 0 Å². The largest absolute Gasteiger partial charge is 0.327 e. The molecule has 1 atom stereocenters. The lowest BCUT2D eigenvalue weighted by molar-refractivity contribution is 0.609. The summed E-state index contributed by atoms with van der Waals surface area (Å²) in [6.07, 6.45) is 1.05. The number of benzene rings is 1. The Morgan fingerprint density at radius 2 is 2.29 bits per heavy atom. The summed E-state index contributed by atoms with van der Waals surface area (Å²) in [4.78, 5) is 0. The van der Waals surface area contributed by atoms with E-state index >= 15 is 0 Å². The standard InChI is InChI=1S/C11H17BrN2/c1-9(13)8-14-6-5-10-3-2-4-11(12)7-10/h2-4,7,9,14H,5-6,8,13H2,1H3. The zero-order valence-electron chi connectivity index (χ0n) is 8.46. The molecule has 3 N–H and O–H groups in total. The molecule has 1 rings (SSSR count). The minimum Gasteiger partial charge on any atom is -0.327 e. The van der Waals surface area contributed by atoms with E-state index in [1.807, 2.05) is 13.0 Å². The third-order valence-electron chi connectivity index (χ3n) is 1.95. The van der Waals surface area contributed by atoms with Crippen molar-refractivity contribution < 1.29 is 0 Å². The Morgan fingerprint density at radius 1 is 1.50 bits per heavy atom. The molecule has 0 heterocycles. The second kappa shape index (κ2) is 6.17. The first kappa shape index (κ1) is 11.7. The van der Waals surface area contributed by atoms with E-state index in [4.69, 9.17) is 5.73 Å². The van der Waals surface area contributed by atoms with Crippen LogP contribution >= 0.6 is 15.9 Å². The van der Waals surface area contributed by atoms with Crippen molar-refractivity contribution in [1.29, 1.82) is 0 Å². The van der Waals surface area contributed by atoms with Crippen molar-refractivity contribution in [2.45, 2.75) is 19.4 Å². The van der Waals surface area contributed by atoms with Gasteiger partial charge < -0.3 is 11.1 Å². The fraction of sp³-hybridized carbons (Fsp3) is 0.455. The van der Waals surface area contributed by atoms with Crippen LogP contribution in [0.1, 0.15) is 12.5 Å². The third kappa shape index (κ3) is 4.74. The molecule has 0 aliphatic heterocycles. The lowest BCUT2D eigenvalue weighted by atomic mass is 10.1. The minimum absolute atomic E-state index is 0.234. The summed E-state index contributed by atoms with van der Waals surface area (Å²) in [5.41, 5.74) is 6.97. The Hall–Kier alpha value is -0.380. The van der Waals surface area contributed by atoms with Gasteiger partial charge in [-0.1, -0.05) is 28.1 Å². The van der Waals surface area contributed by atoms with Crippen LogP contribution < -0.4 is 11.1 Å². The average Bonchev–Trinajstić information content (AvgIpc) is 2.12. The highest BCUT2D eigenvalue weighted by Crippen LogP contribution is 2.11. The van der Waals surface area contributed by atoms with Crippen LogP contribution in [-0.4, -0.2) is 19.1 Å². The number of nitrogens with one attached hydrogen (secondary N) is 1. The number of halogens is 1. The van der Waals surface area contributed by atoms with Gasteiger partial charge in [-0.3, -0.25) is 0 Å². The fourth-order valence-corrected chi connectivity index (χ4v) is 1.70. The summed E-state index contributed by atoms with van der Waals surface area (Å²) in [6, 6.07) is 8.62. The lowest BCUT2D eigenvalue weighted by Crippen LogP contribution is -2.32. The first-order valence-electron chi connectivity index (χ1n) is 4.89. The van der Waals surface area contributed by atoms with Gasteiger partial charge in [-0.15, -0.1) is 0 Å². The lowest BCUT2D eigenvalue weighted by Gasteiger charge is -2.07. The topological polar surface area (TPSA) is 38.0 Å². The molecule has 3 heteroatoms. The normalized spacial score (nSPS) is 12.8. The monoisotopic (exact) mass is 256 g/mol. The van der Waals surface area contributed by atoms with E-state index in [2.05, 4.69) is 39.4 Å². The van der Waals surface area contributed by atoms with Gasteiger partial charge >= 0.3 is 0 Å². The Balaban J connectivity index is 2.25. The molecule has 0 amide bonds. The average molecular weight is 257 g/mol. The Morgan fingerprint density at radius 3 is 2.93 bits per heavy atom. The number of hydrogen-bond donors (Lipinski definition) is 2. The van der Waals surface area contributed by atoms with Gasteiger partial charge in [0.2, 0.25) is 0 Å². The molecule has 1 aromatic carbocycles. The molecular weight excluding hydrogens is 240 g/mol. The summed E-state index contributed by atoms with van der Waals surface area (Å²) >= 11 is 3.45. The number of rotatable bonds is 5. The van der Waals surface area contributed by atoms with Crippen LogP contribution in [0.4, 0.5) is 0 Å². The SMILES string of the molecule is CC(N)CNCCc1cccc(Br)c1. The van der Waals surface area contributed by atoms with E-state index in [-0.39, 0.29) is 6.04 Å². The van der Waals surface area contributed by atoms with E-state index in [0.29, 0.717) is 0 Å². The molecule has 1 aromatic rings. The molecule has 0 aliphatic rings. The predicted molar refractivity (Wildman–Crippen MR) is 64.4 cm³/mol. The second-order valence-corrected chi connectivity index (χ2v) is 4.48. The van der Waals surface area contributed by atoms with Gasteiger partial charge in [-0.25, -0.2) is 0 Å². The molecule has 78 valence electrons. The molecule has 0 aromatic heterocycles. The van der Waals surface area contributed by atoms with Crippen LogP contribution in [-0.2, 0) is 6.42 Å². The van der Waals surface area contributed by atoms with Gasteiger partial charge in [0.15, 0.2) is 0 Å². The minimum atomic E-state index is 0.234. The highest BCUT2D eigenvalue weighted by molar-refractivity contribution is 9.10. The van der Waals surface area contributed by atoms with Crippen molar-refractivity contribution in [2.24, 2.45) is 5.73 Å². The first-order chi connectivity index (χ1) is 6.68. The van der Waals surface area contributed by atoms with Crippen molar-refractivity contribution in [3.05, 3.63) is 34.3 Å². The van der Waals surface area contributed by atoms with Crippen LogP contribution in [0.15, 0.2) is 28.7 Å². The maximum atomic E-state index is 5.63. The van der Waals surface area contributed by atoms with Gasteiger partial charge in [-0.2, -0.15) is 0 Å². The van der Waals surface area contributed by atoms with Crippen molar-refractivity contribution in [1.82, 2.24) is 5.32 Å². The van der Waals surface area contributed by atoms with Crippen molar-refractivity contribution in [3.63, 3.8) is 0 Å². The van der Waals surface area contributed by atoms with E-state index in [1.54, 1.807) is 0 Å². The third-order valence-corrected chi connectivity index (χ3v) is 2.44. The Kier molecular flexibility index (Phi) is 5.15. The second-order valence-electron chi connectivity index (χ2n) is 3.56. The Bertz CT molecular complexity index is 274. The molecule has 0 aliphatic carbocycles. The quantitative estimate of drug-likeness (QED) is 0.791. The van der Waals surface area contributed by atoms with Gasteiger partial charge in [0.25, 0.3) is 0 Å². The maximum Gasteiger partial charge on any atom is 0.0178 e. The summed E-state index contributed by atoms with van der Waals surface area (Å²) in [6.45, 7) is 3.87. The van der Waals surface area contributed by atoms with Crippen LogP contribution in [0.3, 0.4) is 0 Å². The van der Waals surface area contributed by atoms with Crippen LogP contribution in [0.25, 0.3) is 0 Å². The van der Waals surface area contributed by atoms with Gasteiger partial charge in [0.05, 0.1) is 0 Å². The van der Waals surface area contributed by atoms with Gasteiger partial charge in [0, 0.05) is 17.1 Å². The molecule has 2 nitrogen and oxygen atoms in total. The van der Waals surface area contributed by atoms with Gasteiger partial charge in [-0.05, 0) is 37.6 Å². The molecule has 14 heavy (non-hydrogen) atoms. The number of hydrogen-bond acceptors (Lipinski definition) is 2. The zero-order chi connectivity index (χ0) is 10.4. The van der Waals surface area contributed by atoms with Gasteiger partial charge in [0.1, 0.15) is 0 Å². The molecule has 0 saturated heterocycles. The fourth-order valence-electron chi connectivity index (χ4n) is 1.25. The molecule has 0 bridgehead atoms.